The normalized spacial score (nSPS) is 11.6. The Hall–Kier alpha value is -4.50. The maximum atomic E-state index is 5.28. The minimum atomic E-state index is 0.910. The van der Waals surface area contributed by atoms with Crippen LogP contribution in [0.25, 0.3) is 60.3 Å². The summed E-state index contributed by atoms with van der Waals surface area (Å²) < 4.78 is 1.97. The molecule has 0 saturated carbocycles. The molecule has 33 heavy (non-hydrogen) atoms. The molecule has 5 aromatic carbocycles. The van der Waals surface area contributed by atoms with Crippen molar-refractivity contribution in [3.8, 4) is 16.9 Å². The SMILES string of the molecule is c1ccc(-c2nc3c4ccccc4c4ccccc4c3c3cn(-c4ccccc4)nc23)cc1. The smallest absolute Gasteiger partial charge is 0.120 e. The van der Waals surface area contributed by atoms with E-state index in [1.807, 2.05) is 28.9 Å². The van der Waals surface area contributed by atoms with Crippen molar-refractivity contribution in [3.05, 3.63) is 115 Å². The molecule has 7 aromatic rings. The van der Waals surface area contributed by atoms with E-state index in [0.29, 0.717) is 0 Å². The summed E-state index contributed by atoms with van der Waals surface area (Å²) in [6.45, 7) is 0. The first-order valence-electron chi connectivity index (χ1n) is 11.1. The highest BCUT2D eigenvalue weighted by Gasteiger charge is 2.19. The molecule has 0 saturated heterocycles. The van der Waals surface area contributed by atoms with E-state index in [2.05, 4.69) is 91.1 Å². The number of fused-ring (bicyclic) bond motifs is 8. The lowest BCUT2D eigenvalue weighted by Gasteiger charge is -2.12. The van der Waals surface area contributed by atoms with Crippen LogP contribution >= 0.6 is 0 Å². The van der Waals surface area contributed by atoms with Gasteiger partial charge in [-0.05, 0) is 28.3 Å². The predicted molar refractivity (Wildman–Crippen MR) is 137 cm³/mol. The van der Waals surface area contributed by atoms with Gasteiger partial charge in [0.2, 0.25) is 0 Å². The number of nitrogens with zero attached hydrogens (tertiary/aromatic N) is 3. The Bertz CT molecular complexity index is 1800. The summed E-state index contributed by atoms with van der Waals surface area (Å²) in [6.07, 6.45) is 2.16. The summed E-state index contributed by atoms with van der Waals surface area (Å²) in [4.78, 5) is 5.28. The maximum absolute atomic E-state index is 5.28. The molecule has 0 aliphatic carbocycles. The van der Waals surface area contributed by atoms with Gasteiger partial charge in [0.25, 0.3) is 0 Å². The topological polar surface area (TPSA) is 30.7 Å². The summed E-state index contributed by atoms with van der Waals surface area (Å²) in [7, 11) is 0. The maximum Gasteiger partial charge on any atom is 0.120 e. The van der Waals surface area contributed by atoms with Crippen LogP contribution in [0.4, 0.5) is 0 Å². The van der Waals surface area contributed by atoms with Crippen LogP contribution in [0.5, 0.6) is 0 Å². The molecule has 7 rings (SSSR count). The zero-order chi connectivity index (χ0) is 21.8. The lowest BCUT2D eigenvalue weighted by molar-refractivity contribution is 0.896. The first-order chi connectivity index (χ1) is 16.4. The molecule has 0 aliphatic heterocycles. The van der Waals surface area contributed by atoms with Crippen molar-refractivity contribution in [2.45, 2.75) is 0 Å². The monoisotopic (exact) mass is 421 g/mol. The number of rotatable bonds is 2. The van der Waals surface area contributed by atoms with Crippen LogP contribution in [0.15, 0.2) is 115 Å². The minimum absolute atomic E-state index is 0.910. The average Bonchev–Trinajstić information content (AvgIpc) is 3.35. The van der Waals surface area contributed by atoms with Gasteiger partial charge in [0.1, 0.15) is 5.52 Å². The van der Waals surface area contributed by atoms with Gasteiger partial charge < -0.3 is 0 Å². The lowest BCUT2D eigenvalue weighted by Crippen LogP contribution is -1.94. The third-order valence-electron chi connectivity index (χ3n) is 6.41. The summed E-state index contributed by atoms with van der Waals surface area (Å²) >= 11 is 0. The summed E-state index contributed by atoms with van der Waals surface area (Å²) in [6, 6.07) is 37.8. The molecule has 0 unspecified atom stereocenters. The van der Waals surface area contributed by atoms with Gasteiger partial charge in [0.15, 0.2) is 0 Å². The van der Waals surface area contributed by atoms with Crippen molar-refractivity contribution in [3.63, 3.8) is 0 Å². The largest absolute Gasteiger partial charge is 0.245 e. The Labute approximate surface area is 190 Å². The number of pyridine rings is 1. The molecule has 0 radical (unpaired) electrons. The van der Waals surface area contributed by atoms with Crippen LogP contribution in [-0.2, 0) is 0 Å². The Morgan fingerprint density at radius 1 is 0.485 bits per heavy atom. The quantitative estimate of drug-likeness (QED) is 0.270. The third-order valence-corrected chi connectivity index (χ3v) is 6.41. The fourth-order valence-corrected chi connectivity index (χ4v) is 4.92. The van der Waals surface area contributed by atoms with E-state index >= 15 is 0 Å². The first-order valence-corrected chi connectivity index (χ1v) is 11.1. The molecule has 0 amide bonds. The number of hydrogen-bond acceptors (Lipinski definition) is 2. The van der Waals surface area contributed by atoms with Crippen LogP contribution in [0, 0.1) is 0 Å². The van der Waals surface area contributed by atoms with Gasteiger partial charge in [-0.3, -0.25) is 0 Å². The van der Waals surface area contributed by atoms with E-state index in [0.717, 1.165) is 44.1 Å². The van der Waals surface area contributed by atoms with Crippen LogP contribution in [0.3, 0.4) is 0 Å². The molecule has 0 atom stereocenters. The third kappa shape index (κ3) is 2.69. The number of hydrogen-bond donors (Lipinski definition) is 0. The molecule has 0 aliphatic rings. The number of benzene rings is 5. The Morgan fingerprint density at radius 3 is 1.79 bits per heavy atom. The van der Waals surface area contributed by atoms with Crippen LogP contribution < -0.4 is 0 Å². The Morgan fingerprint density at radius 2 is 1.06 bits per heavy atom. The summed E-state index contributed by atoms with van der Waals surface area (Å²) in [5.74, 6) is 0. The molecule has 0 bridgehead atoms. The summed E-state index contributed by atoms with van der Waals surface area (Å²) in [5.41, 5.74) is 4.94. The van der Waals surface area contributed by atoms with E-state index in [1.165, 1.54) is 16.2 Å². The molecular weight excluding hydrogens is 402 g/mol. The van der Waals surface area contributed by atoms with Gasteiger partial charge in [-0.2, -0.15) is 5.10 Å². The van der Waals surface area contributed by atoms with E-state index in [4.69, 9.17) is 10.1 Å². The molecule has 0 fully saturated rings. The second kappa shape index (κ2) is 7.01. The van der Waals surface area contributed by atoms with Crippen molar-refractivity contribution >= 4 is 43.4 Å². The summed E-state index contributed by atoms with van der Waals surface area (Å²) in [5, 5.41) is 12.2. The van der Waals surface area contributed by atoms with Gasteiger partial charge in [0.05, 0.1) is 16.9 Å². The predicted octanol–water partition coefficient (Wildman–Crippen LogP) is 7.55. The van der Waals surface area contributed by atoms with Gasteiger partial charge in [-0.1, -0.05) is 97.1 Å². The standard InChI is InChI=1S/C30H19N3/c1-3-11-20(12-4-1)28-30-26(19-33(32-30)21-13-5-2-6-14-21)27-24-17-9-7-15-22(24)23-16-8-10-18-25(23)29(27)31-28/h1-19H. The van der Waals surface area contributed by atoms with Crippen molar-refractivity contribution in [2.24, 2.45) is 0 Å². The van der Waals surface area contributed by atoms with Crippen LogP contribution in [-0.4, -0.2) is 14.8 Å². The van der Waals surface area contributed by atoms with Crippen molar-refractivity contribution in [1.82, 2.24) is 14.8 Å². The molecule has 0 N–H and O–H groups in total. The fourth-order valence-electron chi connectivity index (χ4n) is 4.92. The van der Waals surface area contributed by atoms with Crippen molar-refractivity contribution in [2.75, 3.05) is 0 Å². The van der Waals surface area contributed by atoms with Gasteiger partial charge in [-0.25, -0.2) is 9.67 Å². The van der Waals surface area contributed by atoms with Crippen molar-refractivity contribution < 1.29 is 0 Å². The highest BCUT2D eigenvalue weighted by molar-refractivity contribution is 6.30. The molecule has 3 nitrogen and oxygen atoms in total. The second-order valence-electron chi connectivity index (χ2n) is 8.31. The van der Waals surface area contributed by atoms with E-state index in [1.54, 1.807) is 0 Å². The molecule has 2 heterocycles. The van der Waals surface area contributed by atoms with Crippen LogP contribution in [0.1, 0.15) is 0 Å². The van der Waals surface area contributed by atoms with Gasteiger partial charge >= 0.3 is 0 Å². The molecular formula is C30H19N3. The van der Waals surface area contributed by atoms with E-state index in [9.17, 15) is 0 Å². The average molecular weight is 422 g/mol. The minimum Gasteiger partial charge on any atom is -0.245 e. The fraction of sp³-hybridized carbons (Fsp3) is 0. The number of para-hydroxylation sites is 1. The first kappa shape index (κ1) is 18.1. The van der Waals surface area contributed by atoms with E-state index in [-0.39, 0.29) is 0 Å². The number of aromatic nitrogens is 3. The van der Waals surface area contributed by atoms with Gasteiger partial charge in [-0.15, -0.1) is 0 Å². The molecule has 154 valence electrons. The Kier molecular flexibility index (Phi) is 3.84. The van der Waals surface area contributed by atoms with Crippen LogP contribution in [0.2, 0.25) is 0 Å². The zero-order valence-corrected chi connectivity index (χ0v) is 17.8. The van der Waals surface area contributed by atoms with Crippen molar-refractivity contribution in [1.29, 1.82) is 0 Å². The lowest BCUT2D eigenvalue weighted by atomic mass is 9.94. The van der Waals surface area contributed by atoms with E-state index < -0.39 is 0 Å². The molecule has 3 heteroatoms. The second-order valence-corrected chi connectivity index (χ2v) is 8.31. The molecule has 0 spiro atoms. The highest BCUT2D eigenvalue weighted by atomic mass is 15.3. The molecule has 2 aromatic heterocycles. The van der Waals surface area contributed by atoms with Gasteiger partial charge in [0, 0.05) is 27.9 Å². The zero-order valence-electron chi connectivity index (χ0n) is 17.8. The Balaban J connectivity index is 1.74. The highest BCUT2D eigenvalue weighted by Crippen LogP contribution is 2.40.